The van der Waals surface area contributed by atoms with Gasteiger partial charge in [-0.1, -0.05) is 42.5 Å². The van der Waals surface area contributed by atoms with Gasteiger partial charge in [-0.25, -0.2) is 4.79 Å². The minimum Gasteiger partial charge on any atom is -0.487 e. The number of nitrogens with zero attached hydrogens (tertiary/aromatic N) is 1. The van der Waals surface area contributed by atoms with Crippen LogP contribution in [0, 0.1) is 6.92 Å². The molecule has 6 heteroatoms. The van der Waals surface area contributed by atoms with Gasteiger partial charge in [-0.2, -0.15) is 0 Å². The molecule has 1 unspecified atom stereocenters. The SMILES string of the molecule is Cc1ccc(OCc2cccc(C(=O)NC(C)(Cc3ccccc3)C(=O)O)c2)cn1. The van der Waals surface area contributed by atoms with E-state index in [0.717, 1.165) is 16.8 Å². The molecule has 1 aromatic heterocycles. The average molecular weight is 404 g/mol. The molecule has 1 heterocycles. The summed E-state index contributed by atoms with van der Waals surface area (Å²) < 4.78 is 5.71. The number of pyridine rings is 1. The molecule has 0 fully saturated rings. The van der Waals surface area contributed by atoms with Crippen LogP contribution in [0.4, 0.5) is 0 Å². The van der Waals surface area contributed by atoms with Crippen LogP contribution in [0.3, 0.4) is 0 Å². The molecule has 3 rings (SSSR count). The molecule has 0 aliphatic carbocycles. The number of hydrogen-bond acceptors (Lipinski definition) is 4. The Kier molecular flexibility index (Phi) is 6.47. The molecule has 2 aromatic carbocycles. The smallest absolute Gasteiger partial charge is 0.329 e. The number of aryl methyl sites for hydroxylation is 1. The minimum absolute atomic E-state index is 0.179. The lowest BCUT2D eigenvalue weighted by molar-refractivity contribution is -0.143. The van der Waals surface area contributed by atoms with Crippen molar-refractivity contribution in [2.24, 2.45) is 0 Å². The number of rotatable bonds is 8. The second kappa shape index (κ2) is 9.22. The Morgan fingerprint density at radius 1 is 1.03 bits per heavy atom. The first-order valence-electron chi connectivity index (χ1n) is 9.60. The quantitative estimate of drug-likeness (QED) is 0.596. The molecule has 30 heavy (non-hydrogen) atoms. The molecule has 0 saturated carbocycles. The Bertz CT molecular complexity index is 1020. The highest BCUT2D eigenvalue weighted by Gasteiger charge is 2.35. The van der Waals surface area contributed by atoms with Crippen molar-refractivity contribution >= 4 is 11.9 Å². The Hall–Kier alpha value is -3.67. The predicted octanol–water partition coefficient (Wildman–Crippen LogP) is 3.78. The number of nitrogens with one attached hydrogen (secondary N) is 1. The number of aromatic nitrogens is 1. The Labute approximate surface area is 175 Å². The lowest BCUT2D eigenvalue weighted by Gasteiger charge is -2.26. The van der Waals surface area contributed by atoms with Gasteiger partial charge in [0.05, 0.1) is 6.20 Å². The Balaban J connectivity index is 1.69. The zero-order valence-electron chi connectivity index (χ0n) is 17.0. The molecule has 0 bridgehead atoms. The fourth-order valence-corrected chi connectivity index (χ4v) is 3.01. The Morgan fingerprint density at radius 2 is 1.77 bits per heavy atom. The number of aliphatic carboxylic acids is 1. The summed E-state index contributed by atoms with van der Waals surface area (Å²) in [6.45, 7) is 3.68. The van der Waals surface area contributed by atoms with E-state index in [1.54, 1.807) is 24.4 Å². The number of carboxylic acid groups (broad SMARTS) is 1. The number of hydrogen-bond donors (Lipinski definition) is 2. The molecular formula is C24H24N2O4. The van der Waals surface area contributed by atoms with Gasteiger partial charge in [0.2, 0.25) is 0 Å². The highest BCUT2D eigenvalue weighted by molar-refractivity contribution is 5.98. The number of benzene rings is 2. The molecule has 2 N–H and O–H groups in total. The van der Waals surface area contributed by atoms with E-state index >= 15 is 0 Å². The second-order valence-electron chi connectivity index (χ2n) is 7.38. The second-order valence-corrected chi connectivity index (χ2v) is 7.38. The molecule has 1 atom stereocenters. The van der Waals surface area contributed by atoms with Crippen molar-refractivity contribution in [1.29, 1.82) is 0 Å². The summed E-state index contributed by atoms with van der Waals surface area (Å²) in [4.78, 5) is 28.9. The third-order valence-corrected chi connectivity index (χ3v) is 4.74. The fraction of sp³-hybridized carbons (Fsp3) is 0.208. The van der Waals surface area contributed by atoms with Crippen molar-refractivity contribution in [1.82, 2.24) is 10.3 Å². The zero-order valence-corrected chi connectivity index (χ0v) is 17.0. The zero-order chi connectivity index (χ0) is 21.6. The monoisotopic (exact) mass is 404 g/mol. The predicted molar refractivity (Wildman–Crippen MR) is 113 cm³/mol. The van der Waals surface area contributed by atoms with E-state index in [1.807, 2.05) is 55.5 Å². The van der Waals surface area contributed by atoms with Crippen molar-refractivity contribution in [3.63, 3.8) is 0 Å². The molecule has 3 aromatic rings. The van der Waals surface area contributed by atoms with Gasteiger partial charge in [-0.15, -0.1) is 0 Å². The third-order valence-electron chi connectivity index (χ3n) is 4.74. The van der Waals surface area contributed by atoms with Crippen molar-refractivity contribution in [2.75, 3.05) is 0 Å². The topological polar surface area (TPSA) is 88.5 Å². The van der Waals surface area contributed by atoms with Crippen LogP contribution in [-0.2, 0) is 17.8 Å². The van der Waals surface area contributed by atoms with Crippen LogP contribution in [0.5, 0.6) is 5.75 Å². The standard InChI is InChI=1S/C24H24N2O4/c1-17-11-12-21(15-25-17)30-16-19-9-6-10-20(13-19)22(27)26-24(2,23(28)29)14-18-7-4-3-5-8-18/h3-13,15H,14,16H2,1-2H3,(H,26,27)(H,28,29). The van der Waals surface area contributed by atoms with Crippen LogP contribution in [0.25, 0.3) is 0 Å². The van der Waals surface area contributed by atoms with Crippen LogP contribution in [0.15, 0.2) is 72.9 Å². The normalized spacial score (nSPS) is 12.6. The highest BCUT2D eigenvalue weighted by atomic mass is 16.5. The van der Waals surface area contributed by atoms with E-state index in [9.17, 15) is 14.7 Å². The van der Waals surface area contributed by atoms with Gasteiger partial charge >= 0.3 is 5.97 Å². The largest absolute Gasteiger partial charge is 0.487 e. The summed E-state index contributed by atoms with van der Waals surface area (Å²) in [5, 5.41) is 12.4. The van der Waals surface area contributed by atoms with Gasteiger partial charge in [0.1, 0.15) is 17.9 Å². The van der Waals surface area contributed by atoms with E-state index in [2.05, 4.69) is 10.3 Å². The summed E-state index contributed by atoms with van der Waals surface area (Å²) in [5.74, 6) is -0.905. The van der Waals surface area contributed by atoms with E-state index in [-0.39, 0.29) is 13.0 Å². The minimum atomic E-state index is -1.43. The van der Waals surface area contributed by atoms with Crippen molar-refractivity contribution < 1.29 is 19.4 Å². The molecule has 1 amide bonds. The number of carboxylic acids is 1. The van der Waals surface area contributed by atoms with Gasteiger partial charge in [-0.05, 0) is 49.2 Å². The molecule has 6 nitrogen and oxygen atoms in total. The molecule has 0 radical (unpaired) electrons. The Morgan fingerprint density at radius 3 is 2.43 bits per heavy atom. The molecule has 0 aliphatic heterocycles. The van der Waals surface area contributed by atoms with Crippen LogP contribution < -0.4 is 10.1 Å². The highest BCUT2D eigenvalue weighted by Crippen LogP contribution is 2.17. The van der Waals surface area contributed by atoms with Crippen LogP contribution >= 0.6 is 0 Å². The number of ether oxygens (including phenoxy) is 1. The first kappa shape index (κ1) is 21.0. The van der Waals surface area contributed by atoms with E-state index in [4.69, 9.17) is 4.74 Å². The van der Waals surface area contributed by atoms with E-state index in [0.29, 0.717) is 11.3 Å². The lowest BCUT2D eigenvalue weighted by Crippen LogP contribution is -2.53. The maximum Gasteiger partial charge on any atom is 0.329 e. The maximum atomic E-state index is 12.8. The van der Waals surface area contributed by atoms with Crippen LogP contribution in [0.1, 0.15) is 34.1 Å². The van der Waals surface area contributed by atoms with Crippen LogP contribution in [-0.4, -0.2) is 27.5 Å². The summed E-state index contributed by atoms with van der Waals surface area (Å²) >= 11 is 0. The van der Waals surface area contributed by atoms with Gasteiger partial charge in [0.25, 0.3) is 5.91 Å². The molecule has 0 saturated heterocycles. The molecule has 154 valence electrons. The van der Waals surface area contributed by atoms with Gasteiger partial charge in [-0.3, -0.25) is 9.78 Å². The third kappa shape index (κ3) is 5.44. The summed E-state index contributed by atoms with van der Waals surface area (Å²) in [6.07, 6.45) is 1.83. The van der Waals surface area contributed by atoms with E-state index < -0.39 is 17.4 Å². The van der Waals surface area contributed by atoms with E-state index in [1.165, 1.54) is 6.92 Å². The molecular weight excluding hydrogens is 380 g/mol. The number of carbonyl (C=O) groups excluding carboxylic acids is 1. The first-order chi connectivity index (χ1) is 14.4. The van der Waals surface area contributed by atoms with Gasteiger partial charge in [0.15, 0.2) is 0 Å². The first-order valence-corrected chi connectivity index (χ1v) is 9.60. The summed E-state index contributed by atoms with van der Waals surface area (Å²) in [6, 6.07) is 19.9. The van der Waals surface area contributed by atoms with Crippen molar-refractivity contribution in [3.8, 4) is 5.75 Å². The molecule has 0 aliphatic rings. The number of carbonyl (C=O) groups is 2. The van der Waals surface area contributed by atoms with Gasteiger partial charge in [0, 0.05) is 17.7 Å². The lowest BCUT2D eigenvalue weighted by atomic mass is 9.92. The van der Waals surface area contributed by atoms with Gasteiger partial charge < -0.3 is 15.2 Å². The molecule has 0 spiro atoms. The van der Waals surface area contributed by atoms with Crippen molar-refractivity contribution in [3.05, 3.63) is 95.3 Å². The van der Waals surface area contributed by atoms with Crippen molar-refractivity contribution in [2.45, 2.75) is 32.4 Å². The van der Waals surface area contributed by atoms with Crippen LogP contribution in [0.2, 0.25) is 0 Å². The average Bonchev–Trinajstić information content (AvgIpc) is 2.74. The maximum absolute atomic E-state index is 12.8. The summed E-state index contributed by atoms with van der Waals surface area (Å²) in [7, 11) is 0. The number of amides is 1. The fourth-order valence-electron chi connectivity index (χ4n) is 3.01. The summed E-state index contributed by atoms with van der Waals surface area (Å²) in [5.41, 5.74) is 1.47.